The van der Waals surface area contributed by atoms with Crippen LogP contribution >= 0.6 is 15.9 Å². The zero-order chi connectivity index (χ0) is 13.8. The lowest BCUT2D eigenvalue weighted by Gasteiger charge is -2.14. The van der Waals surface area contributed by atoms with Gasteiger partial charge in [-0.2, -0.15) is 13.2 Å². The second-order valence-corrected chi connectivity index (χ2v) is 4.84. The van der Waals surface area contributed by atoms with Crippen molar-refractivity contribution in [3.05, 3.63) is 23.8 Å². The van der Waals surface area contributed by atoms with Gasteiger partial charge in [0.1, 0.15) is 0 Å². The molecule has 0 bridgehead atoms. The molecule has 2 nitrogen and oxygen atoms in total. The molecule has 1 aromatic carbocycles. The minimum Gasteiger partial charge on any atom is -0.493 e. The summed E-state index contributed by atoms with van der Waals surface area (Å²) in [5.41, 5.74) is 0.733. The number of hydrogen-bond acceptors (Lipinski definition) is 2. The Morgan fingerprint density at radius 1 is 1.17 bits per heavy atom. The average Bonchev–Trinajstić information content (AvgIpc) is 2.34. The van der Waals surface area contributed by atoms with Crippen LogP contribution in [0, 0.1) is 0 Å². The lowest BCUT2D eigenvalue weighted by atomic mass is 10.1. The summed E-state index contributed by atoms with van der Waals surface area (Å²) >= 11 is 3.25. The van der Waals surface area contributed by atoms with Crippen molar-refractivity contribution in [1.82, 2.24) is 0 Å². The second-order valence-electron chi connectivity index (χ2n) is 3.74. The number of rotatable bonds is 5. The minimum absolute atomic E-state index is 0.0149. The summed E-state index contributed by atoms with van der Waals surface area (Å²) in [5.74, 6) is 1.06. The van der Waals surface area contributed by atoms with Crippen LogP contribution in [0.2, 0.25) is 0 Å². The number of methoxy groups -OCH3 is 2. The van der Waals surface area contributed by atoms with Gasteiger partial charge in [-0.05, 0) is 24.1 Å². The zero-order valence-electron chi connectivity index (χ0n) is 10.1. The summed E-state index contributed by atoms with van der Waals surface area (Å²) in [6.45, 7) is 0. The lowest BCUT2D eigenvalue weighted by Crippen LogP contribution is -2.08. The van der Waals surface area contributed by atoms with Crippen molar-refractivity contribution in [2.75, 3.05) is 14.2 Å². The van der Waals surface area contributed by atoms with Gasteiger partial charge >= 0.3 is 6.18 Å². The number of halogens is 4. The number of alkyl halides is 4. The van der Waals surface area contributed by atoms with E-state index in [1.165, 1.54) is 14.2 Å². The van der Waals surface area contributed by atoms with Crippen LogP contribution in [0.25, 0.3) is 0 Å². The summed E-state index contributed by atoms with van der Waals surface area (Å²) in [6, 6.07) is 5.07. The van der Waals surface area contributed by atoms with Crippen LogP contribution in [0.3, 0.4) is 0 Å². The van der Waals surface area contributed by atoms with Crippen LogP contribution in [0.15, 0.2) is 18.2 Å². The van der Waals surface area contributed by atoms with E-state index in [2.05, 4.69) is 15.9 Å². The van der Waals surface area contributed by atoms with Crippen LogP contribution in [0.5, 0.6) is 11.5 Å². The first-order chi connectivity index (χ1) is 8.37. The van der Waals surface area contributed by atoms with Gasteiger partial charge in [-0.15, -0.1) is 0 Å². The summed E-state index contributed by atoms with van der Waals surface area (Å²) in [4.78, 5) is -0.362. The maximum atomic E-state index is 12.1. The Hall–Kier alpha value is -0.910. The summed E-state index contributed by atoms with van der Waals surface area (Å²) < 4.78 is 46.6. The van der Waals surface area contributed by atoms with Crippen molar-refractivity contribution in [2.45, 2.75) is 23.8 Å². The molecule has 0 saturated heterocycles. The Labute approximate surface area is 112 Å². The van der Waals surface area contributed by atoms with E-state index in [0.717, 1.165) is 5.56 Å². The van der Waals surface area contributed by atoms with E-state index in [1.54, 1.807) is 18.2 Å². The fourth-order valence-electron chi connectivity index (χ4n) is 1.50. The molecule has 0 heterocycles. The van der Waals surface area contributed by atoms with Crippen LogP contribution in [0.4, 0.5) is 13.2 Å². The first kappa shape index (κ1) is 15.1. The Kier molecular flexibility index (Phi) is 5.31. The van der Waals surface area contributed by atoms with Gasteiger partial charge in [-0.3, -0.25) is 0 Å². The molecule has 0 radical (unpaired) electrons. The summed E-state index contributed by atoms with van der Waals surface area (Å²) in [7, 11) is 2.99. The van der Waals surface area contributed by atoms with E-state index in [-0.39, 0.29) is 11.2 Å². The van der Waals surface area contributed by atoms with Gasteiger partial charge in [-0.25, -0.2) is 0 Å². The molecular formula is C12H14BrF3O2. The Morgan fingerprint density at radius 2 is 1.78 bits per heavy atom. The molecule has 1 rings (SSSR count). The lowest BCUT2D eigenvalue weighted by molar-refractivity contribution is -0.135. The molecule has 18 heavy (non-hydrogen) atoms. The molecule has 0 fully saturated rings. The zero-order valence-corrected chi connectivity index (χ0v) is 11.6. The largest absolute Gasteiger partial charge is 0.493 e. The molecule has 0 spiro atoms. The molecule has 0 amide bonds. The maximum Gasteiger partial charge on any atom is 0.389 e. The molecule has 1 aromatic rings. The van der Waals surface area contributed by atoms with Crippen molar-refractivity contribution in [2.24, 2.45) is 0 Å². The van der Waals surface area contributed by atoms with Gasteiger partial charge < -0.3 is 9.47 Å². The van der Waals surface area contributed by atoms with E-state index in [0.29, 0.717) is 11.5 Å². The maximum absolute atomic E-state index is 12.1. The van der Waals surface area contributed by atoms with Gasteiger partial charge in [0, 0.05) is 11.2 Å². The van der Waals surface area contributed by atoms with Crippen LogP contribution < -0.4 is 9.47 Å². The predicted octanol–water partition coefficient (Wildman–Crippen LogP) is 4.48. The van der Waals surface area contributed by atoms with E-state index < -0.39 is 12.6 Å². The van der Waals surface area contributed by atoms with Crippen molar-refractivity contribution >= 4 is 15.9 Å². The molecular weight excluding hydrogens is 313 g/mol. The van der Waals surface area contributed by atoms with Gasteiger partial charge in [0.15, 0.2) is 11.5 Å². The first-order valence-corrected chi connectivity index (χ1v) is 6.21. The third-order valence-electron chi connectivity index (χ3n) is 2.45. The number of benzene rings is 1. The normalized spacial score (nSPS) is 13.2. The molecule has 0 aromatic heterocycles. The van der Waals surface area contributed by atoms with Crippen LogP contribution in [-0.4, -0.2) is 20.4 Å². The highest BCUT2D eigenvalue weighted by atomic mass is 79.9. The number of ether oxygens (including phenoxy) is 2. The minimum atomic E-state index is -4.14. The number of hydrogen-bond donors (Lipinski definition) is 0. The molecule has 6 heteroatoms. The Balaban J connectivity index is 2.77. The molecule has 0 aliphatic rings. The smallest absolute Gasteiger partial charge is 0.389 e. The van der Waals surface area contributed by atoms with Crippen molar-refractivity contribution in [3.63, 3.8) is 0 Å². The predicted molar refractivity (Wildman–Crippen MR) is 66.5 cm³/mol. The van der Waals surface area contributed by atoms with Gasteiger partial charge in [0.2, 0.25) is 0 Å². The monoisotopic (exact) mass is 326 g/mol. The first-order valence-electron chi connectivity index (χ1n) is 5.30. The van der Waals surface area contributed by atoms with E-state index in [9.17, 15) is 13.2 Å². The average molecular weight is 327 g/mol. The molecule has 1 atom stereocenters. The Bertz CT molecular complexity index is 393. The standard InChI is InChI=1S/C12H14BrF3O2/c1-17-10-4-3-8(7-11(10)18-2)9(13)5-6-12(14,15)16/h3-4,7,9H,5-6H2,1-2H3. The highest BCUT2D eigenvalue weighted by molar-refractivity contribution is 9.09. The molecule has 0 aliphatic carbocycles. The quantitative estimate of drug-likeness (QED) is 0.742. The van der Waals surface area contributed by atoms with Gasteiger partial charge in [-0.1, -0.05) is 22.0 Å². The van der Waals surface area contributed by atoms with E-state index >= 15 is 0 Å². The molecule has 0 saturated carbocycles. The van der Waals surface area contributed by atoms with Crippen molar-refractivity contribution < 1.29 is 22.6 Å². The molecule has 0 aliphatic heterocycles. The molecule has 102 valence electrons. The SMILES string of the molecule is COc1ccc(C(Br)CCC(F)(F)F)cc1OC. The van der Waals surface area contributed by atoms with E-state index in [4.69, 9.17) is 9.47 Å². The topological polar surface area (TPSA) is 18.5 Å². The van der Waals surface area contributed by atoms with Gasteiger partial charge in [0.05, 0.1) is 14.2 Å². The highest BCUT2D eigenvalue weighted by Crippen LogP contribution is 2.37. The fourth-order valence-corrected chi connectivity index (χ4v) is 2.02. The summed E-state index contributed by atoms with van der Waals surface area (Å²) in [5, 5.41) is 0. The summed E-state index contributed by atoms with van der Waals surface area (Å²) in [6.07, 6.45) is -4.97. The Morgan fingerprint density at radius 3 is 2.28 bits per heavy atom. The van der Waals surface area contributed by atoms with Crippen LogP contribution in [-0.2, 0) is 0 Å². The van der Waals surface area contributed by atoms with Crippen LogP contribution in [0.1, 0.15) is 23.2 Å². The van der Waals surface area contributed by atoms with Crippen molar-refractivity contribution in [1.29, 1.82) is 0 Å². The molecule has 0 N–H and O–H groups in total. The van der Waals surface area contributed by atoms with Gasteiger partial charge in [0.25, 0.3) is 0 Å². The van der Waals surface area contributed by atoms with E-state index in [1.807, 2.05) is 0 Å². The molecule has 1 unspecified atom stereocenters. The third kappa shape index (κ3) is 4.40. The van der Waals surface area contributed by atoms with Crippen molar-refractivity contribution in [3.8, 4) is 11.5 Å². The second kappa shape index (κ2) is 6.31. The third-order valence-corrected chi connectivity index (χ3v) is 3.44. The highest BCUT2D eigenvalue weighted by Gasteiger charge is 2.28. The fraction of sp³-hybridized carbons (Fsp3) is 0.500.